The third-order valence-electron chi connectivity index (χ3n) is 5.15. The Hall–Kier alpha value is -1.24. The smallest absolute Gasteiger partial charge is 0.303 e. The number of carbonyl (C=O) groups is 2. The number of carboxylic acid groups (broad SMARTS) is 1. The molecule has 6 heteroatoms. The zero-order valence-corrected chi connectivity index (χ0v) is 15.7. The zero-order chi connectivity index (χ0) is 19.5. The van der Waals surface area contributed by atoms with Crippen LogP contribution in [0.3, 0.4) is 0 Å². The molecule has 150 valence electrons. The van der Waals surface area contributed by atoms with E-state index in [9.17, 15) is 24.9 Å². The van der Waals surface area contributed by atoms with Crippen LogP contribution in [0.2, 0.25) is 0 Å². The molecule has 0 amide bonds. The molecule has 1 saturated carbocycles. The quantitative estimate of drug-likeness (QED) is 0.292. The number of carboxylic acids is 1. The second kappa shape index (κ2) is 12.2. The van der Waals surface area contributed by atoms with Crippen molar-refractivity contribution in [3.63, 3.8) is 0 Å². The van der Waals surface area contributed by atoms with E-state index in [2.05, 4.69) is 0 Å². The van der Waals surface area contributed by atoms with Crippen molar-refractivity contribution in [2.24, 2.45) is 11.8 Å². The Kier molecular flexibility index (Phi) is 10.7. The molecule has 0 aliphatic heterocycles. The van der Waals surface area contributed by atoms with E-state index in [0.29, 0.717) is 44.9 Å². The molecule has 0 aromatic carbocycles. The number of carbonyl (C=O) groups excluding carboxylic acids is 1. The molecule has 0 heterocycles. The first-order chi connectivity index (χ1) is 12.3. The largest absolute Gasteiger partial charge is 0.481 e. The molecule has 1 rings (SSSR count). The van der Waals surface area contributed by atoms with Gasteiger partial charge in [0.15, 0.2) is 0 Å². The fourth-order valence-electron chi connectivity index (χ4n) is 3.63. The van der Waals surface area contributed by atoms with Gasteiger partial charge in [-0.15, -0.1) is 0 Å². The lowest BCUT2D eigenvalue weighted by Crippen LogP contribution is -2.22. The number of Topliss-reactive ketones (excluding diaryl/α,β-unsaturated/α-hetero) is 1. The van der Waals surface area contributed by atoms with Gasteiger partial charge in [0.2, 0.25) is 0 Å². The summed E-state index contributed by atoms with van der Waals surface area (Å²) >= 11 is 0. The number of hydrogen-bond donors (Lipinski definition) is 4. The summed E-state index contributed by atoms with van der Waals surface area (Å²) in [5.74, 6) is -1.08. The van der Waals surface area contributed by atoms with Crippen LogP contribution in [0.5, 0.6) is 0 Å². The van der Waals surface area contributed by atoms with Crippen molar-refractivity contribution in [2.75, 3.05) is 0 Å². The number of aliphatic hydroxyl groups excluding tert-OH is 3. The molecular weight excluding hydrogens is 336 g/mol. The Labute approximate surface area is 155 Å². The summed E-state index contributed by atoms with van der Waals surface area (Å²) in [6.45, 7) is 1.73. The van der Waals surface area contributed by atoms with Crippen LogP contribution in [0.15, 0.2) is 12.2 Å². The molecule has 5 atom stereocenters. The van der Waals surface area contributed by atoms with E-state index in [4.69, 9.17) is 5.11 Å². The highest BCUT2D eigenvalue weighted by molar-refractivity contribution is 5.84. The van der Waals surface area contributed by atoms with Crippen LogP contribution in [-0.4, -0.2) is 50.5 Å². The molecule has 0 aromatic heterocycles. The Morgan fingerprint density at radius 3 is 2.58 bits per heavy atom. The first-order valence-corrected chi connectivity index (χ1v) is 9.75. The molecular formula is C20H34O6. The van der Waals surface area contributed by atoms with Gasteiger partial charge in [0.1, 0.15) is 5.78 Å². The van der Waals surface area contributed by atoms with Crippen LogP contribution in [0.1, 0.15) is 71.1 Å². The SMILES string of the molecule is C[C@@H](O)CCC[C@H](O)CC[C@H]1[C@H](O)CC(=O)[C@@H]1C/C=C\CCCC(=O)O. The van der Waals surface area contributed by atoms with E-state index >= 15 is 0 Å². The molecule has 0 bridgehead atoms. The normalized spacial score (nSPS) is 25.7. The highest BCUT2D eigenvalue weighted by Crippen LogP contribution is 2.36. The number of aliphatic hydroxyl groups is 3. The lowest BCUT2D eigenvalue weighted by atomic mass is 9.86. The van der Waals surface area contributed by atoms with Crippen LogP contribution in [0, 0.1) is 11.8 Å². The maximum absolute atomic E-state index is 12.1. The average molecular weight is 370 g/mol. The summed E-state index contributed by atoms with van der Waals surface area (Å²) in [4.78, 5) is 22.6. The highest BCUT2D eigenvalue weighted by Gasteiger charge is 2.40. The molecule has 6 nitrogen and oxygen atoms in total. The first kappa shape index (κ1) is 22.8. The summed E-state index contributed by atoms with van der Waals surface area (Å²) < 4.78 is 0. The highest BCUT2D eigenvalue weighted by atomic mass is 16.4. The van der Waals surface area contributed by atoms with Gasteiger partial charge in [-0.3, -0.25) is 9.59 Å². The second-order valence-electron chi connectivity index (χ2n) is 7.51. The topological polar surface area (TPSA) is 115 Å². The number of hydrogen-bond acceptors (Lipinski definition) is 5. The minimum atomic E-state index is -0.806. The summed E-state index contributed by atoms with van der Waals surface area (Å²) in [5.41, 5.74) is 0. The van der Waals surface area contributed by atoms with E-state index < -0.39 is 18.2 Å². The summed E-state index contributed by atoms with van der Waals surface area (Å²) in [6, 6.07) is 0. The number of aliphatic carboxylic acids is 1. The van der Waals surface area contributed by atoms with Gasteiger partial charge < -0.3 is 20.4 Å². The number of unbranched alkanes of at least 4 members (excludes halogenated alkanes) is 1. The van der Waals surface area contributed by atoms with E-state index in [0.717, 1.165) is 6.42 Å². The molecule has 0 unspecified atom stereocenters. The van der Waals surface area contributed by atoms with Gasteiger partial charge in [-0.2, -0.15) is 0 Å². The lowest BCUT2D eigenvalue weighted by Gasteiger charge is -2.21. The predicted molar refractivity (Wildman–Crippen MR) is 98.6 cm³/mol. The van der Waals surface area contributed by atoms with E-state index in [1.807, 2.05) is 12.2 Å². The Balaban J connectivity index is 2.37. The molecule has 0 saturated heterocycles. The molecule has 4 N–H and O–H groups in total. The average Bonchev–Trinajstić information content (AvgIpc) is 2.81. The van der Waals surface area contributed by atoms with Crippen LogP contribution in [0.4, 0.5) is 0 Å². The Morgan fingerprint density at radius 1 is 1.19 bits per heavy atom. The Morgan fingerprint density at radius 2 is 1.92 bits per heavy atom. The van der Waals surface area contributed by atoms with Gasteiger partial charge in [0, 0.05) is 18.8 Å². The summed E-state index contributed by atoms with van der Waals surface area (Å²) in [7, 11) is 0. The minimum absolute atomic E-state index is 0.0706. The van der Waals surface area contributed by atoms with Gasteiger partial charge >= 0.3 is 5.97 Å². The Bertz CT molecular complexity index is 459. The maximum Gasteiger partial charge on any atom is 0.303 e. The van der Waals surface area contributed by atoms with Gasteiger partial charge in [-0.1, -0.05) is 12.2 Å². The van der Waals surface area contributed by atoms with Crippen LogP contribution in [0.25, 0.3) is 0 Å². The van der Waals surface area contributed by atoms with Crippen molar-refractivity contribution < 1.29 is 30.0 Å². The van der Waals surface area contributed by atoms with Crippen LogP contribution in [-0.2, 0) is 9.59 Å². The molecule has 26 heavy (non-hydrogen) atoms. The predicted octanol–water partition coefficient (Wildman–Crippen LogP) is 2.45. The third-order valence-corrected chi connectivity index (χ3v) is 5.15. The number of rotatable bonds is 13. The van der Waals surface area contributed by atoms with Crippen molar-refractivity contribution in [1.82, 2.24) is 0 Å². The second-order valence-corrected chi connectivity index (χ2v) is 7.51. The lowest BCUT2D eigenvalue weighted by molar-refractivity contribution is -0.137. The van der Waals surface area contributed by atoms with Crippen LogP contribution >= 0.6 is 0 Å². The molecule has 0 radical (unpaired) electrons. The van der Waals surface area contributed by atoms with Crippen molar-refractivity contribution in [3.05, 3.63) is 12.2 Å². The summed E-state index contributed by atoms with van der Waals surface area (Å²) in [6.07, 6.45) is 7.68. The van der Waals surface area contributed by atoms with Crippen molar-refractivity contribution in [2.45, 2.75) is 89.4 Å². The third kappa shape index (κ3) is 8.92. The molecule has 1 aliphatic carbocycles. The van der Waals surface area contributed by atoms with Gasteiger partial charge in [0.25, 0.3) is 0 Å². The van der Waals surface area contributed by atoms with Crippen molar-refractivity contribution in [1.29, 1.82) is 0 Å². The minimum Gasteiger partial charge on any atom is -0.481 e. The number of allylic oxidation sites excluding steroid dienone is 2. The fourth-order valence-corrected chi connectivity index (χ4v) is 3.63. The molecule has 0 spiro atoms. The van der Waals surface area contributed by atoms with Crippen molar-refractivity contribution in [3.8, 4) is 0 Å². The zero-order valence-electron chi connectivity index (χ0n) is 15.7. The van der Waals surface area contributed by atoms with Gasteiger partial charge in [-0.05, 0) is 64.2 Å². The van der Waals surface area contributed by atoms with Gasteiger partial charge in [0.05, 0.1) is 18.3 Å². The van der Waals surface area contributed by atoms with E-state index in [1.165, 1.54) is 0 Å². The fraction of sp³-hybridized carbons (Fsp3) is 0.800. The van der Waals surface area contributed by atoms with Crippen LogP contribution < -0.4 is 0 Å². The monoisotopic (exact) mass is 370 g/mol. The molecule has 1 fully saturated rings. The number of ketones is 1. The standard InChI is InChI=1S/C20H34O6/c1-14(21)7-6-8-15(22)11-12-17-16(18(23)13-19(17)24)9-4-2-3-5-10-20(25)26/h2,4,14-17,19,21-22,24H,3,5-13H2,1H3,(H,25,26)/b4-2-/t14-,15+,16-,17-,19-/m1/s1. The summed E-state index contributed by atoms with van der Waals surface area (Å²) in [5, 5.41) is 38.1. The van der Waals surface area contributed by atoms with E-state index in [1.54, 1.807) is 6.92 Å². The van der Waals surface area contributed by atoms with Crippen molar-refractivity contribution >= 4 is 11.8 Å². The van der Waals surface area contributed by atoms with E-state index in [-0.39, 0.29) is 36.6 Å². The molecule has 0 aromatic rings. The molecule has 1 aliphatic rings. The first-order valence-electron chi connectivity index (χ1n) is 9.75. The maximum atomic E-state index is 12.1. The van der Waals surface area contributed by atoms with Gasteiger partial charge in [-0.25, -0.2) is 0 Å².